The minimum Gasteiger partial charge on any atom is -0.310 e. The van der Waals surface area contributed by atoms with Crippen LogP contribution in [0.1, 0.15) is 30.9 Å². The van der Waals surface area contributed by atoms with Crippen molar-refractivity contribution in [1.29, 1.82) is 0 Å². The molecule has 0 amide bonds. The van der Waals surface area contributed by atoms with Crippen molar-refractivity contribution in [3.05, 3.63) is 33.3 Å². The van der Waals surface area contributed by atoms with E-state index in [4.69, 9.17) is 11.6 Å². The van der Waals surface area contributed by atoms with Crippen LogP contribution in [0.3, 0.4) is 0 Å². The molecule has 1 atom stereocenters. The van der Waals surface area contributed by atoms with Crippen LogP contribution in [-0.2, 0) is 0 Å². The van der Waals surface area contributed by atoms with Gasteiger partial charge in [0, 0.05) is 15.5 Å². The number of nitrogens with one attached hydrogen (secondary N) is 1. The van der Waals surface area contributed by atoms with Gasteiger partial charge in [-0.3, -0.25) is 0 Å². The molecular formula is C11H13BrClN. The zero-order valence-electron chi connectivity index (χ0n) is 7.89. The molecule has 0 unspecified atom stereocenters. The van der Waals surface area contributed by atoms with E-state index in [9.17, 15) is 0 Å². The van der Waals surface area contributed by atoms with Crippen LogP contribution >= 0.6 is 27.5 Å². The zero-order valence-corrected chi connectivity index (χ0v) is 10.2. The number of hydrogen-bond donors (Lipinski definition) is 1. The molecule has 1 fully saturated rings. The van der Waals surface area contributed by atoms with Crippen molar-refractivity contribution in [2.75, 3.05) is 6.54 Å². The van der Waals surface area contributed by atoms with Gasteiger partial charge >= 0.3 is 0 Å². The molecule has 1 N–H and O–H groups in total. The molecule has 1 heterocycles. The lowest BCUT2D eigenvalue weighted by molar-refractivity contribution is 0.412. The Bertz CT molecular complexity index is 321. The summed E-state index contributed by atoms with van der Waals surface area (Å²) in [7, 11) is 0. The van der Waals surface area contributed by atoms with Gasteiger partial charge in [0.15, 0.2) is 0 Å². The minimum absolute atomic E-state index is 0.439. The highest BCUT2D eigenvalue weighted by atomic mass is 79.9. The van der Waals surface area contributed by atoms with Crippen molar-refractivity contribution in [1.82, 2.24) is 5.32 Å². The topological polar surface area (TPSA) is 12.0 Å². The van der Waals surface area contributed by atoms with Crippen LogP contribution in [0.2, 0.25) is 5.02 Å². The molecule has 1 aromatic carbocycles. The second kappa shape index (κ2) is 4.65. The maximum atomic E-state index is 6.17. The molecule has 14 heavy (non-hydrogen) atoms. The molecule has 0 bridgehead atoms. The highest BCUT2D eigenvalue weighted by molar-refractivity contribution is 9.10. The van der Waals surface area contributed by atoms with Crippen LogP contribution in [0, 0.1) is 0 Å². The Morgan fingerprint density at radius 2 is 2.21 bits per heavy atom. The van der Waals surface area contributed by atoms with Crippen LogP contribution in [0.25, 0.3) is 0 Å². The Balaban J connectivity index is 2.24. The normalized spacial score (nSPS) is 22.3. The Kier molecular flexibility index (Phi) is 3.47. The number of halogens is 2. The van der Waals surface area contributed by atoms with Crippen LogP contribution < -0.4 is 5.32 Å². The summed E-state index contributed by atoms with van der Waals surface area (Å²) in [5.74, 6) is 0. The molecule has 0 saturated carbocycles. The van der Waals surface area contributed by atoms with Gasteiger partial charge in [-0.25, -0.2) is 0 Å². The molecule has 0 spiro atoms. The lowest BCUT2D eigenvalue weighted by atomic mass is 9.98. The van der Waals surface area contributed by atoms with Crippen molar-refractivity contribution in [3.8, 4) is 0 Å². The van der Waals surface area contributed by atoms with Gasteiger partial charge in [0.05, 0.1) is 0 Å². The summed E-state index contributed by atoms with van der Waals surface area (Å²) in [5.41, 5.74) is 1.22. The van der Waals surface area contributed by atoms with E-state index < -0.39 is 0 Å². The Morgan fingerprint density at radius 3 is 2.93 bits per heavy atom. The molecule has 1 aliphatic rings. The third-order valence-electron chi connectivity index (χ3n) is 2.64. The average Bonchev–Trinajstić information content (AvgIpc) is 2.23. The first kappa shape index (κ1) is 10.5. The van der Waals surface area contributed by atoms with E-state index in [0.29, 0.717) is 6.04 Å². The highest BCUT2D eigenvalue weighted by Crippen LogP contribution is 2.30. The first-order chi connectivity index (χ1) is 6.77. The SMILES string of the molecule is Clc1ccc(Br)cc1[C@@H]1CCCCN1. The molecule has 0 radical (unpaired) electrons. The van der Waals surface area contributed by atoms with E-state index in [1.54, 1.807) is 0 Å². The molecule has 1 saturated heterocycles. The van der Waals surface area contributed by atoms with Gasteiger partial charge in [0.25, 0.3) is 0 Å². The number of hydrogen-bond acceptors (Lipinski definition) is 1. The molecular weight excluding hydrogens is 261 g/mol. The molecule has 1 aromatic rings. The van der Waals surface area contributed by atoms with Gasteiger partial charge in [0.2, 0.25) is 0 Å². The molecule has 0 aliphatic carbocycles. The maximum absolute atomic E-state index is 6.17. The average molecular weight is 275 g/mol. The standard InChI is InChI=1S/C11H13BrClN/c12-8-4-5-10(13)9(7-8)11-3-1-2-6-14-11/h4-5,7,11,14H,1-3,6H2/t11-/m0/s1. The molecule has 0 aromatic heterocycles. The van der Waals surface area contributed by atoms with Gasteiger partial charge in [-0.2, -0.15) is 0 Å². The fraction of sp³-hybridized carbons (Fsp3) is 0.455. The molecule has 76 valence electrons. The summed E-state index contributed by atoms with van der Waals surface area (Å²) >= 11 is 9.65. The molecule has 3 heteroatoms. The van der Waals surface area contributed by atoms with Gasteiger partial charge in [0.1, 0.15) is 0 Å². The summed E-state index contributed by atoms with van der Waals surface area (Å²) in [4.78, 5) is 0. The summed E-state index contributed by atoms with van der Waals surface area (Å²) < 4.78 is 1.10. The van der Waals surface area contributed by atoms with E-state index in [1.165, 1.54) is 24.8 Å². The Hall–Kier alpha value is -0.0500. The summed E-state index contributed by atoms with van der Waals surface area (Å²) in [6, 6.07) is 6.49. The minimum atomic E-state index is 0.439. The smallest absolute Gasteiger partial charge is 0.0454 e. The summed E-state index contributed by atoms with van der Waals surface area (Å²) in [6.45, 7) is 1.10. The largest absolute Gasteiger partial charge is 0.310 e. The lowest BCUT2D eigenvalue weighted by Gasteiger charge is -2.24. The fourth-order valence-electron chi connectivity index (χ4n) is 1.90. The highest BCUT2D eigenvalue weighted by Gasteiger charge is 2.17. The van der Waals surface area contributed by atoms with E-state index in [0.717, 1.165) is 16.0 Å². The maximum Gasteiger partial charge on any atom is 0.0454 e. The predicted octanol–water partition coefficient (Wildman–Crippen LogP) is 3.92. The van der Waals surface area contributed by atoms with Crippen molar-refractivity contribution >= 4 is 27.5 Å². The zero-order chi connectivity index (χ0) is 9.97. The van der Waals surface area contributed by atoms with Crippen molar-refractivity contribution in [3.63, 3.8) is 0 Å². The second-order valence-corrected chi connectivity index (χ2v) is 4.99. The lowest BCUT2D eigenvalue weighted by Crippen LogP contribution is -2.26. The van der Waals surface area contributed by atoms with E-state index >= 15 is 0 Å². The third kappa shape index (κ3) is 2.30. The second-order valence-electron chi connectivity index (χ2n) is 3.67. The van der Waals surface area contributed by atoms with Crippen LogP contribution in [0.5, 0.6) is 0 Å². The van der Waals surface area contributed by atoms with E-state index in [-0.39, 0.29) is 0 Å². The number of piperidine rings is 1. The predicted molar refractivity (Wildman–Crippen MR) is 63.7 cm³/mol. The summed E-state index contributed by atoms with van der Waals surface area (Å²) in [6.07, 6.45) is 3.76. The molecule has 1 nitrogen and oxygen atoms in total. The third-order valence-corrected chi connectivity index (χ3v) is 3.48. The first-order valence-corrected chi connectivity index (χ1v) is 6.13. The summed E-state index contributed by atoms with van der Waals surface area (Å²) in [5, 5.41) is 4.37. The van der Waals surface area contributed by atoms with Crippen LogP contribution in [0.15, 0.2) is 22.7 Å². The number of benzene rings is 1. The Morgan fingerprint density at radius 1 is 1.36 bits per heavy atom. The Labute approximate surface area is 98.0 Å². The van der Waals surface area contributed by atoms with Gasteiger partial charge in [-0.05, 0) is 43.1 Å². The van der Waals surface area contributed by atoms with E-state index in [1.807, 2.05) is 12.1 Å². The van der Waals surface area contributed by atoms with Gasteiger partial charge in [-0.15, -0.1) is 0 Å². The van der Waals surface area contributed by atoms with Crippen molar-refractivity contribution in [2.45, 2.75) is 25.3 Å². The fourth-order valence-corrected chi connectivity index (χ4v) is 2.53. The van der Waals surface area contributed by atoms with Crippen molar-refractivity contribution < 1.29 is 0 Å². The van der Waals surface area contributed by atoms with Crippen LogP contribution in [-0.4, -0.2) is 6.54 Å². The van der Waals surface area contributed by atoms with Crippen LogP contribution in [0.4, 0.5) is 0 Å². The van der Waals surface area contributed by atoms with Gasteiger partial charge in [-0.1, -0.05) is 34.0 Å². The quantitative estimate of drug-likeness (QED) is 0.818. The van der Waals surface area contributed by atoms with Gasteiger partial charge < -0.3 is 5.32 Å². The van der Waals surface area contributed by atoms with Crippen molar-refractivity contribution in [2.24, 2.45) is 0 Å². The number of rotatable bonds is 1. The molecule has 1 aliphatic heterocycles. The van der Waals surface area contributed by atoms with E-state index in [2.05, 4.69) is 27.3 Å². The molecule has 2 rings (SSSR count). The first-order valence-electron chi connectivity index (χ1n) is 4.96. The monoisotopic (exact) mass is 273 g/mol.